The Bertz CT molecular complexity index is 1400. The molecule has 1 aliphatic rings. The van der Waals surface area contributed by atoms with Crippen LogP contribution in [0.4, 0.5) is 16.2 Å². The van der Waals surface area contributed by atoms with E-state index < -0.39 is 22.0 Å². The maximum absolute atomic E-state index is 12.0. The Morgan fingerprint density at radius 1 is 1.38 bits per heavy atom. The van der Waals surface area contributed by atoms with Crippen molar-refractivity contribution in [1.29, 1.82) is 5.26 Å². The lowest BCUT2D eigenvalue weighted by Crippen LogP contribution is -2.50. The van der Waals surface area contributed by atoms with Crippen molar-refractivity contribution in [3.63, 3.8) is 0 Å². The maximum Gasteiger partial charge on any atom is 0.407 e. The standard InChI is InChI=1S/C24H25N5O4S/c1-16-20-8-9-27-22(20)7-6-21(16)28-23-17(13-26-14-18(23)12-25)4-2-3-5-19-15-34(32,33)11-10-29(19)24(30)31/h2,4,6-9,13-14,19,27H,3,5,10-11,15H2,1H3,(H,26,28)(H,30,31). The van der Waals surface area contributed by atoms with E-state index >= 15 is 0 Å². The van der Waals surface area contributed by atoms with Crippen molar-refractivity contribution < 1.29 is 18.3 Å². The number of allylic oxidation sites excluding steroid dienone is 1. The van der Waals surface area contributed by atoms with Crippen LogP contribution in [0.1, 0.15) is 29.5 Å². The van der Waals surface area contributed by atoms with Crippen molar-refractivity contribution in [2.75, 3.05) is 23.4 Å². The van der Waals surface area contributed by atoms with Crippen LogP contribution >= 0.6 is 0 Å². The van der Waals surface area contributed by atoms with E-state index in [0.29, 0.717) is 29.7 Å². The summed E-state index contributed by atoms with van der Waals surface area (Å²) >= 11 is 0. The Hall–Kier alpha value is -3.84. The van der Waals surface area contributed by atoms with E-state index in [4.69, 9.17) is 0 Å². The zero-order valence-corrected chi connectivity index (χ0v) is 19.5. The summed E-state index contributed by atoms with van der Waals surface area (Å²) in [6.07, 6.45) is 8.48. The molecule has 0 aliphatic carbocycles. The van der Waals surface area contributed by atoms with Crippen LogP contribution < -0.4 is 5.32 Å². The van der Waals surface area contributed by atoms with Crippen LogP contribution in [0.15, 0.2) is 42.9 Å². The molecule has 1 aromatic carbocycles. The van der Waals surface area contributed by atoms with E-state index in [-0.39, 0.29) is 18.1 Å². The zero-order chi connectivity index (χ0) is 24.3. The molecule has 2 aromatic heterocycles. The van der Waals surface area contributed by atoms with Gasteiger partial charge in [0.05, 0.1) is 22.8 Å². The minimum absolute atomic E-state index is 0.000905. The summed E-state index contributed by atoms with van der Waals surface area (Å²) in [6.45, 7) is 2.01. The Morgan fingerprint density at radius 2 is 2.21 bits per heavy atom. The number of carbonyl (C=O) groups is 1. The highest BCUT2D eigenvalue weighted by molar-refractivity contribution is 7.91. The van der Waals surface area contributed by atoms with Crippen LogP contribution in [0.2, 0.25) is 0 Å². The van der Waals surface area contributed by atoms with E-state index in [1.807, 2.05) is 43.5 Å². The molecule has 176 valence electrons. The fourth-order valence-corrected chi connectivity index (χ4v) is 5.83. The van der Waals surface area contributed by atoms with E-state index in [2.05, 4.69) is 21.4 Å². The van der Waals surface area contributed by atoms with Gasteiger partial charge in [-0.1, -0.05) is 12.2 Å². The number of nitrogens with one attached hydrogen (secondary N) is 2. The summed E-state index contributed by atoms with van der Waals surface area (Å²) in [6, 6.07) is 7.53. The predicted octanol–water partition coefficient (Wildman–Crippen LogP) is 4.06. The van der Waals surface area contributed by atoms with Crippen LogP contribution in [-0.4, -0.2) is 58.6 Å². The monoisotopic (exact) mass is 479 g/mol. The fourth-order valence-electron chi connectivity index (χ4n) is 4.26. The number of carboxylic acid groups (broad SMARTS) is 1. The number of nitriles is 1. The zero-order valence-electron chi connectivity index (χ0n) is 18.7. The van der Waals surface area contributed by atoms with Crippen LogP contribution in [0.3, 0.4) is 0 Å². The van der Waals surface area contributed by atoms with E-state index in [1.54, 1.807) is 6.20 Å². The number of benzene rings is 1. The van der Waals surface area contributed by atoms with Crippen molar-refractivity contribution in [2.24, 2.45) is 0 Å². The van der Waals surface area contributed by atoms with Gasteiger partial charge in [-0.2, -0.15) is 5.26 Å². The Morgan fingerprint density at radius 3 is 2.97 bits per heavy atom. The van der Waals surface area contributed by atoms with Crippen molar-refractivity contribution in [1.82, 2.24) is 14.9 Å². The molecule has 34 heavy (non-hydrogen) atoms. The SMILES string of the molecule is Cc1c(Nc2c(C#N)cncc2C=CCCC2CS(=O)(=O)CCN2C(=O)O)ccc2[nH]ccc12. The smallest absolute Gasteiger partial charge is 0.407 e. The number of anilines is 2. The van der Waals surface area contributed by atoms with Gasteiger partial charge >= 0.3 is 6.09 Å². The number of aryl methyl sites for hydroxylation is 1. The minimum Gasteiger partial charge on any atom is -0.465 e. The molecule has 0 spiro atoms. The first kappa shape index (κ1) is 23.3. The van der Waals surface area contributed by atoms with Crippen LogP contribution in [0.5, 0.6) is 0 Å². The fraction of sp³-hybridized carbons (Fsp3) is 0.292. The molecule has 10 heteroatoms. The largest absolute Gasteiger partial charge is 0.465 e. The quantitative estimate of drug-likeness (QED) is 0.484. The second-order valence-electron chi connectivity index (χ2n) is 8.29. The molecular formula is C24H25N5O4S. The van der Waals surface area contributed by atoms with Crippen molar-refractivity contribution in [3.8, 4) is 6.07 Å². The molecule has 1 atom stereocenters. The van der Waals surface area contributed by atoms with Crippen LogP contribution in [0, 0.1) is 18.3 Å². The number of aromatic amines is 1. The number of pyridine rings is 1. The van der Waals surface area contributed by atoms with Gasteiger partial charge in [0.25, 0.3) is 0 Å². The van der Waals surface area contributed by atoms with Gasteiger partial charge in [0.15, 0.2) is 9.84 Å². The number of rotatable bonds is 6. The molecule has 1 aliphatic heterocycles. The molecular weight excluding hydrogens is 454 g/mol. The highest BCUT2D eigenvalue weighted by Crippen LogP contribution is 2.31. The molecule has 0 saturated carbocycles. The number of hydrogen-bond donors (Lipinski definition) is 3. The van der Waals surface area contributed by atoms with E-state index in [0.717, 1.165) is 22.2 Å². The number of aromatic nitrogens is 2. The van der Waals surface area contributed by atoms with Crippen LogP contribution in [-0.2, 0) is 9.84 Å². The molecule has 1 fully saturated rings. The average molecular weight is 480 g/mol. The number of nitrogens with zero attached hydrogens (tertiary/aromatic N) is 3. The first-order valence-corrected chi connectivity index (χ1v) is 12.7. The molecule has 3 aromatic rings. The van der Waals surface area contributed by atoms with Gasteiger partial charge in [-0.05, 0) is 43.5 Å². The summed E-state index contributed by atoms with van der Waals surface area (Å²) in [5.74, 6) is -0.298. The third-order valence-corrected chi connectivity index (χ3v) is 7.80. The number of hydrogen-bond acceptors (Lipinski definition) is 6. The highest BCUT2D eigenvalue weighted by Gasteiger charge is 2.33. The Balaban J connectivity index is 1.53. The number of amides is 1. The summed E-state index contributed by atoms with van der Waals surface area (Å²) in [5, 5.41) is 23.5. The van der Waals surface area contributed by atoms with E-state index in [9.17, 15) is 23.6 Å². The van der Waals surface area contributed by atoms with Gasteiger partial charge < -0.3 is 20.3 Å². The van der Waals surface area contributed by atoms with Gasteiger partial charge in [0.2, 0.25) is 0 Å². The van der Waals surface area contributed by atoms with Gasteiger partial charge in [0, 0.05) is 53.3 Å². The number of sulfone groups is 1. The van der Waals surface area contributed by atoms with Crippen LogP contribution in [0.25, 0.3) is 17.0 Å². The molecule has 3 N–H and O–H groups in total. The average Bonchev–Trinajstić information content (AvgIpc) is 3.28. The van der Waals surface area contributed by atoms with Gasteiger partial charge in [-0.15, -0.1) is 0 Å². The van der Waals surface area contributed by atoms with Crippen molar-refractivity contribution in [3.05, 3.63) is 59.6 Å². The summed E-state index contributed by atoms with van der Waals surface area (Å²) in [4.78, 5) is 20.0. The molecule has 0 radical (unpaired) electrons. The summed E-state index contributed by atoms with van der Waals surface area (Å²) in [7, 11) is -3.24. The first-order valence-electron chi connectivity index (χ1n) is 10.9. The summed E-state index contributed by atoms with van der Waals surface area (Å²) in [5.41, 5.74) is 4.67. The molecule has 0 bridgehead atoms. The third-order valence-electron chi connectivity index (χ3n) is 6.10. The normalized spacial score (nSPS) is 17.6. The number of fused-ring (bicyclic) bond motifs is 1. The topological polar surface area (TPSA) is 139 Å². The van der Waals surface area contributed by atoms with Crippen molar-refractivity contribution >= 4 is 44.3 Å². The predicted molar refractivity (Wildman–Crippen MR) is 131 cm³/mol. The molecule has 3 heterocycles. The Kier molecular flexibility index (Phi) is 6.56. The van der Waals surface area contributed by atoms with E-state index in [1.165, 1.54) is 11.1 Å². The molecule has 9 nitrogen and oxygen atoms in total. The molecule has 1 unspecified atom stereocenters. The van der Waals surface area contributed by atoms with Gasteiger partial charge in [-0.3, -0.25) is 4.98 Å². The molecule has 4 rings (SSSR count). The lowest BCUT2D eigenvalue weighted by Gasteiger charge is -2.33. The minimum atomic E-state index is -3.24. The van der Waals surface area contributed by atoms with Gasteiger partial charge in [0.1, 0.15) is 6.07 Å². The van der Waals surface area contributed by atoms with Gasteiger partial charge in [-0.25, -0.2) is 13.2 Å². The lowest BCUT2D eigenvalue weighted by atomic mass is 10.1. The third kappa shape index (κ3) is 4.89. The second-order valence-corrected chi connectivity index (χ2v) is 10.5. The molecule has 1 saturated heterocycles. The summed E-state index contributed by atoms with van der Waals surface area (Å²) < 4.78 is 24.0. The first-order chi connectivity index (χ1) is 16.3. The van der Waals surface area contributed by atoms with Crippen molar-refractivity contribution in [2.45, 2.75) is 25.8 Å². The second kappa shape index (κ2) is 9.57. The highest BCUT2D eigenvalue weighted by atomic mass is 32.2. The maximum atomic E-state index is 12.0. The number of H-pyrrole nitrogens is 1. The molecule has 1 amide bonds. The lowest BCUT2D eigenvalue weighted by molar-refractivity contribution is 0.127. The Labute approximate surface area is 197 Å².